The summed E-state index contributed by atoms with van der Waals surface area (Å²) >= 11 is 3.51. The topological polar surface area (TPSA) is 75.2 Å². The number of carbonyl (C=O) groups is 2. The van der Waals surface area contributed by atoms with Gasteiger partial charge in [0.05, 0.1) is 17.7 Å². The molecule has 37 heavy (non-hydrogen) atoms. The summed E-state index contributed by atoms with van der Waals surface area (Å²) in [4.78, 5) is 27.2. The Kier molecular flexibility index (Phi) is 5.77. The van der Waals surface area contributed by atoms with Crippen molar-refractivity contribution in [2.24, 2.45) is 0 Å². The van der Waals surface area contributed by atoms with E-state index >= 15 is 0 Å². The first-order chi connectivity index (χ1) is 18.0. The Morgan fingerprint density at radius 2 is 1.49 bits per heavy atom. The Hall–Kier alpha value is -4.36. The average Bonchev–Trinajstić information content (AvgIpc) is 3.15. The maximum Gasteiger partial charge on any atom is 0.261 e. The first-order valence-corrected chi connectivity index (χ1v) is 12.6. The van der Waals surface area contributed by atoms with Gasteiger partial charge < -0.3 is 5.32 Å². The van der Waals surface area contributed by atoms with Crippen LogP contribution in [0, 0.1) is 6.92 Å². The fourth-order valence-electron chi connectivity index (χ4n) is 4.65. The third kappa shape index (κ3) is 4.17. The van der Waals surface area contributed by atoms with Gasteiger partial charge in [0.1, 0.15) is 5.69 Å². The third-order valence-corrected chi connectivity index (χ3v) is 7.10. The zero-order chi connectivity index (χ0) is 25.5. The van der Waals surface area contributed by atoms with Gasteiger partial charge in [-0.2, -0.15) is 0 Å². The van der Waals surface area contributed by atoms with Gasteiger partial charge in [0, 0.05) is 26.5 Å². The van der Waals surface area contributed by atoms with Crippen LogP contribution in [-0.4, -0.2) is 26.9 Å². The van der Waals surface area contributed by atoms with E-state index in [1.54, 1.807) is 24.3 Å². The number of amides is 2. The Morgan fingerprint density at radius 1 is 0.784 bits per heavy atom. The Labute approximate surface area is 222 Å². The van der Waals surface area contributed by atoms with Gasteiger partial charge in [-0.05, 0) is 54.4 Å². The first-order valence-electron chi connectivity index (χ1n) is 11.8. The van der Waals surface area contributed by atoms with Crippen molar-refractivity contribution >= 4 is 50.0 Å². The summed E-state index contributed by atoms with van der Waals surface area (Å²) in [6.45, 7) is 2.17. The average molecular weight is 549 g/mol. The molecule has 0 spiro atoms. The van der Waals surface area contributed by atoms with Gasteiger partial charge in [-0.3, -0.25) is 14.5 Å². The fourth-order valence-corrected chi connectivity index (χ4v) is 5.05. The van der Waals surface area contributed by atoms with E-state index in [1.165, 1.54) is 4.90 Å². The second kappa shape index (κ2) is 9.26. The van der Waals surface area contributed by atoms with E-state index < -0.39 is 0 Å². The molecular weight excluding hydrogens is 528 g/mol. The van der Waals surface area contributed by atoms with Crippen LogP contribution in [0.15, 0.2) is 95.5 Å². The zero-order valence-electron chi connectivity index (χ0n) is 19.9. The van der Waals surface area contributed by atoms with E-state index in [-0.39, 0.29) is 18.4 Å². The van der Waals surface area contributed by atoms with Crippen LogP contribution < -0.4 is 5.32 Å². The first kappa shape index (κ1) is 23.1. The van der Waals surface area contributed by atoms with Crippen LogP contribution in [0.4, 0.5) is 11.5 Å². The number of hydrogen-bond donors (Lipinski definition) is 1. The van der Waals surface area contributed by atoms with Crippen molar-refractivity contribution in [1.82, 2.24) is 15.1 Å². The lowest BCUT2D eigenvalue weighted by Crippen LogP contribution is -2.29. The highest BCUT2D eigenvalue weighted by atomic mass is 79.9. The molecule has 1 N–H and O–H groups in total. The van der Waals surface area contributed by atoms with Gasteiger partial charge in [0.15, 0.2) is 5.82 Å². The number of carbonyl (C=O) groups excluding carboxylic acids is 2. The maximum atomic E-state index is 12.9. The number of benzene rings is 4. The largest absolute Gasteiger partial charge is 0.338 e. The Balaban J connectivity index is 1.37. The highest BCUT2D eigenvalue weighted by Crippen LogP contribution is 2.33. The number of aromatic nitrogens is 2. The van der Waals surface area contributed by atoms with E-state index in [0.29, 0.717) is 16.9 Å². The van der Waals surface area contributed by atoms with E-state index in [9.17, 15) is 9.59 Å². The molecule has 6 nitrogen and oxygen atoms in total. The predicted molar refractivity (Wildman–Crippen MR) is 148 cm³/mol. The summed E-state index contributed by atoms with van der Waals surface area (Å²) in [7, 11) is 0. The van der Waals surface area contributed by atoms with Gasteiger partial charge in [-0.25, -0.2) is 0 Å². The van der Waals surface area contributed by atoms with E-state index in [2.05, 4.69) is 31.4 Å². The monoisotopic (exact) mass is 548 g/mol. The van der Waals surface area contributed by atoms with E-state index in [0.717, 1.165) is 43.3 Å². The summed E-state index contributed by atoms with van der Waals surface area (Å²) in [5.41, 5.74) is 5.28. The van der Waals surface area contributed by atoms with Crippen molar-refractivity contribution in [3.63, 3.8) is 0 Å². The number of halogens is 1. The lowest BCUT2D eigenvalue weighted by Gasteiger charge is -2.17. The number of anilines is 2. The molecule has 2 heterocycles. The van der Waals surface area contributed by atoms with E-state index in [1.807, 2.05) is 73.7 Å². The maximum absolute atomic E-state index is 12.9. The highest BCUT2D eigenvalue weighted by Gasteiger charge is 2.35. The summed E-state index contributed by atoms with van der Waals surface area (Å²) in [5.74, 6) is 0.132. The summed E-state index contributed by atoms with van der Waals surface area (Å²) < 4.78 is 0.969. The van der Waals surface area contributed by atoms with Crippen LogP contribution in [0.3, 0.4) is 0 Å². The van der Waals surface area contributed by atoms with E-state index in [4.69, 9.17) is 0 Å². The molecule has 4 aromatic carbocycles. The van der Waals surface area contributed by atoms with Crippen LogP contribution in [0.25, 0.3) is 22.0 Å². The van der Waals surface area contributed by atoms with Crippen LogP contribution in [0.5, 0.6) is 0 Å². The predicted octanol–water partition coefficient (Wildman–Crippen LogP) is 6.91. The summed E-state index contributed by atoms with van der Waals surface area (Å²) in [5, 5.41) is 14.4. The molecule has 0 unspecified atom stereocenters. The number of rotatable bonds is 5. The van der Waals surface area contributed by atoms with Crippen LogP contribution in [0.1, 0.15) is 31.8 Å². The van der Waals surface area contributed by atoms with Crippen molar-refractivity contribution in [3.05, 3.63) is 118 Å². The minimum Gasteiger partial charge on any atom is -0.338 e. The fraction of sp³-hybridized carbons (Fsp3) is 0.0667. The third-order valence-electron chi connectivity index (χ3n) is 6.60. The van der Waals surface area contributed by atoms with Crippen molar-refractivity contribution in [2.75, 3.05) is 5.32 Å². The number of hydrogen-bond acceptors (Lipinski definition) is 5. The lowest BCUT2D eigenvalue weighted by atomic mass is 9.99. The van der Waals surface area contributed by atoms with Crippen molar-refractivity contribution < 1.29 is 9.59 Å². The number of imide groups is 1. The highest BCUT2D eigenvalue weighted by molar-refractivity contribution is 9.10. The molecule has 0 bridgehead atoms. The molecule has 7 heteroatoms. The van der Waals surface area contributed by atoms with Crippen LogP contribution in [-0.2, 0) is 6.54 Å². The molecule has 0 radical (unpaired) electrons. The molecular formula is C30H21BrN4O2. The Morgan fingerprint density at radius 3 is 2.22 bits per heavy atom. The molecule has 2 amide bonds. The summed E-state index contributed by atoms with van der Waals surface area (Å²) in [6.07, 6.45) is 0. The minimum atomic E-state index is -0.265. The zero-order valence-corrected chi connectivity index (χ0v) is 21.5. The van der Waals surface area contributed by atoms with Gasteiger partial charge >= 0.3 is 0 Å². The van der Waals surface area contributed by atoms with Crippen LogP contribution in [0.2, 0.25) is 0 Å². The van der Waals surface area contributed by atoms with Crippen molar-refractivity contribution in [2.45, 2.75) is 13.5 Å². The van der Waals surface area contributed by atoms with Crippen LogP contribution >= 0.6 is 15.9 Å². The van der Waals surface area contributed by atoms with Crippen molar-refractivity contribution in [1.29, 1.82) is 0 Å². The number of nitrogens with one attached hydrogen (secondary N) is 1. The second-order valence-electron chi connectivity index (χ2n) is 8.96. The molecule has 0 saturated carbocycles. The SMILES string of the molecule is Cc1ccc(-c2nnc(Nc3cccc(Br)c3)c3ccccc23)cc1CN1C(=O)c2ccccc2C1=O. The standard InChI is InChI=1S/C30H21BrN4O2/c1-18-13-14-19(15-20(18)17-35-29(36)25-11-4-5-12-26(25)30(35)37)27-23-9-2-3-10-24(23)28(34-33-27)32-22-8-6-7-21(31)16-22/h2-16H,17H2,1H3,(H,32,34). The number of nitrogens with zero attached hydrogens (tertiary/aromatic N) is 3. The molecule has 0 fully saturated rings. The molecule has 180 valence electrons. The van der Waals surface area contributed by atoms with Gasteiger partial charge in [-0.15, -0.1) is 10.2 Å². The lowest BCUT2D eigenvalue weighted by molar-refractivity contribution is 0.0642. The second-order valence-corrected chi connectivity index (χ2v) is 9.88. The smallest absolute Gasteiger partial charge is 0.261 e. The molecule has 0 atom stereocenters. The summed E-state index contributed by atoms with van der Waals surface area (Å²) in [6, 6.07) is 28.8. The molecule has 1 aliphatic heterocycles. The quantitative estimate of drug-likeness (QED) is 0.241. The molecule has 1 aliphatic rings. The number of fused-ring (bicyclic) bond motifs is 2. The van der Waals surface area contributed by atoms with Gasteiger partial charge in [0.25, 0.3) is 11.8 Å². The van der Waals surface area contributed by atoms with Gasteiger partial charge in [0.2, 0.25) is 0 Å². The molecule has 1 aromatic heterocycles. The molecule has 0 saturated heterocycles. The Bertz CT molecular complexity index is 1680. The van der Waals surface area contributed by atoms with Gasteiger partial charge in [-0.1, -0.05) is 70.5 Å². The molecule has 5 aromatic rings. The van der Waals surface area contributed by atoms with Crippen molar-refractivity contribution in [3.8, 4) is 11.3 Å². The molecule has 0 aliphatic carbocycles. The number of aryl methyl sites for hydroxylation is 1. The molecule has 6 rings (SSSR count). The minimum absolute atomic E-state index is 0.194. The normalized spacial score (nSPS) is 12.8.